The van der Waals surface area contributed by atoms with Crippen molar-refractivity contribution < 1.29 is 14.7 Å². The minimum absolute atomic E-state index is 0.115. The summed E-state index contributed by atoms with van der Waals surface area (Å²) in [7, 11) is 0. The Morgan fingerprint density at radius 3 is 2.33 bits per heavy atom. The number of nitrogens with one attached hydrogen (secondary N) is 1. The molecule has 5 heteroatoms. The summed E-state index contributed by atoms with van der Waals surface area (Å²) >= 11 is 0. The molecule has 0 spiro atoms. The number of likely N-dealkylation sites (tertiary alicyclic amines) is 1. The Labute approximate surface area is 160 Å². The van der Waals surface area contributed by atoms with Crippen LogP contribution in [0.1, 0.15) is 36.9 Å². The van der Waals surface area contributed by atoms with E-state index in [4.69, 9.17) is 0 Å². The van der Waals surface area contributed by atoms with Crippen LogP contribution < -0.4 is 5.32 Å². The number of aryl methyl sites for hydroxylation is 1. The van der Waals surface area contributed by atoms with Gasteiger partial charge in [-0.05, 0) is 37.3 Å². The second kappa shape index (κ2) is 8.25. The first-order valence-corrected chi connectivity index (χ1v) is 9.36. The third-order valence-corrected chi connectivity index (χ3v) is 5.34. The molecule has 2 atom stereocenters. The van der Waals surface area contributed by atoms with Crippen molar-refractivity contribution in [2.45, 2.75) is 32.2 Å². The summed E-state index contributed by atoms with van der Waals surface area (Å²) < 4.78 is 0. The fourth-order valence-electron chi connectivity index (χ4n) is 3.51. The number of aliphatic carboxylic acids is 1. The highest BCUT2D eigenvalue weighted by Crippen LogP contribution is 2.30. The average molecular weight is 366 g/mol. The number of carbonyl (C=O) groups is 2. The zero-order chi connectivity index (χ0) is 19.3. The van der Waals surface area contributed by atoms with Crippen molar-refractivity contribution in [3.8, 4) is 0 Å². The first-order valence-electron chi connectivity index (χ1n) is 9.36. The van der Waals surface area contributed by atoms with Gasteiger partial charge >= 0.3 is 12.0 Å². The third-order valence-electron chi connectivity index (χ3n) is 5.34. The SMILES string of the molecule is CC1(C(=O)O)CCN(C(=O)NC(CCc2ccccc2)c2ccccc2)C1. The van der Waals surface area contributed by atoms with Crippen LogP contribution in [0, 0.1) is 5.41 Å². The summed E-state index contributed by atoms with van der Waals surface area (Å²) in [4.78, 5) is 25.8. The Balaban J connectivity index is 1.68. The van der Waals surface area contributed by atoms with Crippen LogP contribution in [0.15, 0.2) is 60.7 Å². The third kappa shape index (κ3) is 4.67. The minimum Gasteiger partial charge on any atom is -0.481 e. The minimum atomic E-state index is -0.858. The van der Waals surface area contributed by atoms with E-state index in [0.29, 0.717) is 13.0 Å². The van der Waals surface area contributed by atoms with Crippen molar-refractivity contribution in [2.24, 2.45) is 5.41 Å². The summed E-state index contributed by atoms with van der Waals surface area (Å²) in [6, 6.07) is 19.8. The Hall–Kier alpha value is -2.82. The van der Waals surface area contributed by atoms with Gasteiger partial charge in [-0.15, -0.1) is 0 Å². The Morgan fingerprint density at radius 2 is 1.74 bits per heavy atom. The van der Waals surface area contributed by atoms with E-state index in [1.807, 2.05) is 48.5 Å². The summed E-state index contributed by atoms with van der Waals surface area (Å²) in [5, 5.41) is 12.5. The number of urea groups is 1. The van der Waals surface area contributed by atoms with Crippen LogP contribution in [-0.2, 0) is 11.2 Å². The second-order valence-electron chi connectivity index (χ2n) is 7.47. The smallest absolute Gasteiger partial charge is 0.317 e. The Kier molecular flexibility index (Phi) is 5.79. The van der Waals surface area contributed by atoms with E-state index in [9.17, 15) is 14.7 Å². The van der Waals surface area contributed by atoms with Crippen molar-refractivity contribution in [3.05, 3.63) is 71.8 Å². The van der Waals surface area contributed by atoms with Crippen LogP contribution in [0.5, 0.6) is 0 Å². The van der Waals surface area contributed by atoms with Crippen molar-refractivity contribution in [1.82, 2.24) is 10.2 Å². The number of carbonyl (C=O) groups excluding carboxylic acids is 1. The lowest BCUT2D eigenvalue weighted by Gasteiger charge is -2.25. The number of carboxylic acid groups (broad SMARTS) is 1. The Bertz CT molecular complexity index is 779. The van der Waals surface area contributed by atoms with E-state index in [0.717, 1.165) is 18.4 Å². The zero-order valence-electron chi connectivity index (χ0n) is 15.6. The molecule has 0 radical (unpaired) electrons. The van der Waals surface area contributed by atoms with E-state index < -0.39 is 11.4 Å². The molecule has 142 valence electrons. The number of hydrogen-bond acceptors (Lipinski definition) is 2. The maximum atomic E-state index is 12.8. The lowest BCUT2D eigenvalue weighted by atomic mass is 9.90. The van der Waals surface area contributed by atoms with Crippen LogP contribution in [0.2, 0.25) is 0 Å². The molecule has 2 amide bonds. The second-order valence-corrected chi connectivity index (χ2v) is 7.47. The quantitative estimate of drug-likeness (QED) is 0.815. The molecule has 1 heterocycles. The molecule has 0 aliphatic carbocycles. The highest BCUT2D eigenvalue weighted by atomic mass is 16.4. The average Bonchev–Trinajstić information content (AvgIpc) is 3.10. The Morgan fingerprint density at radius 1 is 1.11 bits per heavy atom. The topological polar surface area (TPSA) is 69.6 Å². The first kappa shape index (κ1) is 19.0. The van der Waals surface area contributed by atoms with Gasteiger partial charge in [-0.2, -0.15) is 0 Å². The van der Waals surface area contributed by atoms with Gasteiger partial charge < -0.3 is 15.3 Å². The van der Waals surface area contributed by atoms with Crippen molar-refractivity contribution in [1.29, 1.82) is 0 Å². The fraction of sp³-hybridized carbons (Fsp3) is 0.364. The molecule has 0 bridgehead atoms. The van der Waals surface area contributed by atoms with Crippen molar-refractivity contribution in [3.63, 3.8) is 0 Å². The predicted molar refractivity (Wildman–Crippen MR) is 104 cm³/mol. The molecular weight excluding hydrogens is 340 g/mol. The monoisotopic (exact) mass is 366 g/mol. The maximum Gasteiger partial charge on any atom is 0.317 e. The zero-order valence-corrected chi connectivity index (χ0v) is 15.6. The molecule has 2 unspecified atom stereocenters. The summed E-state index contributed by atoms with van der Waals surface area (Å²) in [6.45, 7) is 2.41. The molecule has 2 aromatic rings. The molecule has 2 N–H and O–H groups in total. The summed E-state index contributed by atoms with van der Waals surface area (Å²) in [5.41, 5.74) is 1.43. The van der Waals surface area contributed by atoms with Gasteiger partial charge in [0.15, 0.2) is 0 Å². The molecule has 27 heavy (non-hydrogen) atoms. The lowest BCUT2D eigenvalue weighted by Crippen LogP contribution is -2.42. The molecule has 1 fully saturated rings. The van der Waals surface area contributed by atoms with Gasteiger partial charge in [0.05, 0.1) is 11.5 Å². The number of benzene rings is 2. The molecule has 1 aliphatic heterocycles. The normalized spacial score (nSPS) is 20.3. The lowest BCUT2D eigenvalue weighted by molar-refractivity contribution is -0.147. The number of amides is 2. The van der Waals surface area contributed by atoms with Crippen LogP contribution >= 0.6 is 0 Å². The van der Waals surface area contributed by atoms with Crippen LogP contribution in [0.25, 0.3) is 0 Å². The van der Waals surface area contributed by atoms with E-state index in [1.54, 1.807) is 11.8 Å². The van der Waals surface area contributed by atoms with Gasteiger partial charge in [0.1, 0.15) is 0 Å². The van der Waals surface area contributed by atoms with Gasteiger partial charge in [-0.1, -0.05) is 60.7 Å². The molecule has 2 aromatic carbocycles. The number of rotatable bonds is 6. The summed E-state index contributed by atoms with van der Waals surface area (Å²) in [6.07, 6.45) is 2.12. The van der Waals surface area contributed by atoms with Gasteiger partial charge in [0, 0.05) is 13.1 Å². The standard InChI is InChI=1S/C22H26N2O3/c1-22(20(25)26)14-15-24(16-22)21(27)23-19(18-10-6-3-7-11-18)13-12-17-8-4-2-5-9-17/h2-11,19H,12-16H2,1H3,(H,23,27)(H,25,26). The van der Waals surface area contributed by atoms with Crippen LogP contribution in [0.3, 0.4) is 0 Å². The van der Waals surface area contributed by atoms with Gasteiger partial charge in [-0.3, -0.25) is 4.79 Å². The van der Waals surface area contributed by atoms with E-state index in [-0.39, 0.29) is 18.6 Å². The largest absolute Gasteiger partial charge is 0.481 e. The van der Waals surface area contributed by atoms with E-state index in [2.05, 4.69) is 17.4 Å². The highest BCUT2D eigenvalue weighted by molar-refractivity contribution is 5.79. The van der Waals surface area contributed by atoms with Gasteiger partial charge in [0.25, 0.3) is 0 Å². The fourth-order valence-corrected chi connectivity index (χ4v) is 3.51. The molecule has 0 saturated carbocycles. The van der Waals surface area contributed by atoms with Crippen molar-refractivity contribution in [2.75, 3.05) is 13.1 Å². The molecule has 1 aliphatic rings. The molecule has 5 nitrogen and oxygen atoms in total. The van der Waals surface area contributed by atoms with Gasteiger partial charge in [0.2, 0.25) is 0 Å². The molecular formula is C22H26N2O3. The number of carboxylic acids is 1. The predicted octanol–water partition coefficient (Wildman–Crippen LogP) is 3.87. The molecule has 1 saturated heterocycles. The molecule has 3 rings (SSSR count). The first-order chi connectivity index (χ1) is 13.0. The van der Waals surface area contributed by atoms with Crippen LogP contribution in [-0.4, -0.2) is 35.1 Å². The summed E-state index contributed by atoms with van der Waals surface area (Å²) in [5.74, 6) is -0.846. The highest BCUT2D eigenvalue weighted by Gasteiger charge is 2.42. The van der Waals surface area contributed by atoms with Crippen LogP contribution in [0.4, 0.5) is 4.79 Å². The number of hydrogen-bond donors (Lipinski definition) is 2. The maximum absolute atomic E-state index is 12.8. The number of nitrogens with zero attached hydrogens (tertiary/aromatic N) is 1. The van der Waals surface area contributed by atoms with E-state index >= 15 is 0 Å². The van der Waals surface area contributed by atoms with Gasteiger partial charge in [-0.25, -0.2) is 4.79 Å². The van der Waals surface area contributed by atoms with E-state index in [1.165, 1.54) is 5.56 Å². The molecule has 0 aromatic heterocycles. The van der Waals surface area contributed by atoms with Crippen molar-refractivity contribution >= 4 is 12.0 Å².